The van der Waals surface area contributed by atoms with Gasteiger partial charge in [0.25, 0.3) is 0 Å². The molecule has 1 aromatic carbocycles. The van der Waals surface area contributed by atoms with Crippen molar-refractivity contribution in [2.75, 3.05) is 4.31 Å². The molecule has 3 unspecified atom stereocenters. The van der Waals surface area contributed by atoms with Crippen molar-refractivity contribution in [3.05, 3.63) is 29.8 Å². The molecule has 0 aliphatic heterocycles. The van der Waals surface area contributed by atoms with Gasteiger partial charge < -0.3 is 15.6 Å². The number of carbonyl (C=O) groups excluding carboxylic acids is 2. The zero-order valence-corrected chi connectivity index (χ0v) is 18.3. The van der Waals surface area contributed by atoms with E-state index in [4.69, 9.17) is 5.73 Å². The molecular weight excluding hydrogens is 440 g/mol. The highest BCUT2D eigenvalue weighted by Gasteiger charge is 2.59. The van der Waals surface area contributed by atoms with Gasteiger partial charge in [0.1, 0.15) is 17.2 Å². The molecule has 5 aliphatic rings. The molecule has 0 heterocycles. The van der Waals surface area contributed by atoms with Crippen LogP contribution in [-0.2, 0) is 20.9 Å². The molecular formula is C22H26F2N3O4S-. The molecule has 7 nitrogen and oxygen atoms in total. The lowest BCUT2D eigenvalue weighted by atomic mass is 9.47. The van der Waals surface area contributed by atoms with E-state index in [1.165, 1.54) is 0 Å². The number of halogens is 2. The highest BCUT2D eigenvalue weighted by atomic mass is 32.2. The Kier molecular flexibility index (Phi) is 5.09. The maximum Gasteiger partial charge on any atom is 0.247 e. The molecule has 1 aromatic rings. The molecule has 3 N–H and O–H groups in total. The first-order valence-corrected chi connectivity index (χ1v) is 12.1. The van der Waals surface area contributed by atoms with Crippen LogP contribution in [0.25, 0.3) is 0 Å². The van der Waals surface area contributed by atoms with Crippen LogP contribution < -0.4 is 15.4 Å². The molecule has 2 amide bonds. The van der Waals surface area contributed by atoms with Crippen molar-refractivity contribution in [3.63, 3.8) is 0 Å². The van der Waals surface area contributed by atoms with Crippen molar-refractivity contribution in [1.29, 1.82) is 0 Å². The summed E-state index contributed by atoms with van der Waals surface area (Å²) in [5.41, 5.74) is 3.28. The molecule has 6 rings (SSSR count). The second-order valence-corrected chi connectivity index (χ2v) is 10.9. The topological polar surface area (TPSA) is 116 Å². The Bertz CT molecular complexity index is 985. The molecule has 174 valence electrons. The smallest absolute Gasteiger partial charge is 0.247 e. The van der Waals surface area contributed by atoms with Crippen LogP contribution in [0.1, 0.15) is 51.4 Å². The zero-order chi connectivity index (χ0) is 22.8. The second kappa shape index (κ2) is 7.48. The van der Waals surface area contributed by atoms with Gasteiger partial charge in [-0.05, 0) is 81.3 Å². The summed E-state index contributed by atoms with van der Waals surface area (Å²) in [6, 6.07) is 2.39. The van der Waals surface area contributed by atoms with Gasteiger partial charge in [-0.15, -0.1) is 0 Å². The van der Waals surface area contributed by atoms with Crippen LogP contribution in [-0.4, -0.2) is 32.2 Å². The maximum absolute atomic E-state index is 14.5. The van der Waals surface area contributed by atoms with Gasteiger partial charge >= 0.3 is 0 Å². The first kappa shape index (κ1) is 21.8. The van der Waals surface area contributed by atoms with Crippen molar-refractivity contribution in [2.24, 2.45) is 28.9 Å². The summed E-state index contributed by atoms with van der Waals surface area (Å²) in [7, 11) is 0. The molecule has 5 fully saturated rings. The number of amides is 2. The van der Waals surface area contributed by atoms with Gasteiger partial charge in [0.05, 0.1) is 5.69 Å². The Morgan fingerprint density at radius 1 is 1.16 bits per heavy atom. The highest BCUT2D eigenvalue weighted by Crippen LogP contribution is 2.60. The Balaban J connectivity index is 1.42. The van der Waals surface area contributed by atoms with E-state index in [0.717, 1.165) is 37.5 Å². The summed E-state index contributed by atoms with van der Waals surface area (Å²) in [4.78, 5) is 25.7. The Morgan fingerprint density at radius 3 is 2.34 bits per heavy atom. The van der Waals surface area contributed by atoms with Crippen LogP contribution in [0.4, 0.5) is 14.5 Å². The van der Waals surface area contributed by atoms with Gasteiger partial charge in [0, 0.05) is 28.8 Å². The monoisotopic (exact) mass is 466 g/mol. The van der Waals surface area contributed by atoms with E-state index in [1.807, 2.05) is 0 Å². The number of carbonyl (C=O) groups is 2. The van der Waals surface area contributed by atoms with E-state index < -0.39 is 45.4 Å². The fourth-order valence-corrected chi connectivity index (χ4v) is 7.83. The Hall–Kier alpha value is -2.07. The van der Waals surface area contributed by atoms with E-state index in [0.29, 0.717) is 29.5 Å². The average molecular weight is 467 g/mol. The predicted molar refractivity (Wildman–Crippen MR) is 111 cm³/mol. The number of hydrogen-bond donors (Lipinski definition) is 2. The molecule has 5 saturated carbocycles. The van der Waals surface area contributed by atoms with Crippen LogP contribution in [0.5, 0.6) is 0 Å². The van der Waals surface area contributed by atoms with E-state index >= 15 is 0 Å². The summed E-state index contributed by atoms with van der Waals surface area (Å²) in [5.74, 6) is -1.83. The van der Waals surface area contributed by atoms with E-state index in [9.17, 15) is 27.1 Å². The highest BCUT2D eigenvalue weighted by molar-refractivity contribution is 7.80. The van der Waals surface area contributed by atoms with Crippen LogP contribution in [0, 0.1) is 34.8 Å². The number of hydrogen-bond acceptors (Lipinski definition) is 4. The maximum atomic E-state index is 14.5. The lowest BCUT2D eigenvalue weighted by Crippen LogP contribution is -2.68. The van der Waals surface area contributed by atoms with Gasteiger partial charge in [-0.1, -0.05) is 0 Å². The third-order valence-electron chi connectivity index (χ3n) is 8.36. The number of primary amides is 1. The SMILES string of the molecule is NC(=O)C12CC3CC(C1)C(NC(=O)C1(N(c4cc(F)ccc4F)S(=O)[O-])CCC1)C(C3)C2. The Labute approximate surface area is 187 Å². The lowest BCUT2D eigenvalue weighted by Gasteiger charge is -2.59. The third-order valence-corrected chi connectivity index (χ3v) is 9.21. The molecule has 3 atom stereocenters. The minimum atomic E-state index is -2.98. The molecule has 0 radical (unpaired) electrons. The zero-order valence-electron chi connectivity index (χ0n) is 17.5. The largest absolute Gasteiger partial charge is 0.755 e. The number of nitrogens with zero attached hydrogens (tertiary/aromatic N) is 1. The normalized spacial score (nSPS) is 35.1. The quantitative estimate of drug-likeness (QED) is 0.626. The average Bonchev–Trinajstić information content (AvgIpc) is 2.68. The van der Waals surface area contributed by atoms with Crippen molar-refractivity contribution < 1.29 is 27.1 Å². The summed E-state index contributed by atoms with van der Waals surface area (Å²) < 4.78 is 53.3. The van der Waals surface area contributed by atoms with Crippen LogP contribution >= 0.6 is 0 Å². The number of rotatable bonds is 6. The number of nitrogens with one attached hydrogen (secondary N) is 1. The number of anilines is 1. The van der Waals surface area contributed by atoms with Crippen LogP contribution in [0.15, 0.2) is 18.2 Å². The summed E-state index contributed by atoms with van der Waals surface area (Å²) in [5, 5.41) is 3.08. The first-order valence-electron chi connectivity index (χ1n) is 11.1. The molecule has 5 aliphatic carbocycles. The van der Waals surface area contributed by atoms with E-state index in [-0.39, 0.29) is 36.6 Å². The minimum Gasteiger partial charge on any atom is -0.755 e. The molecule has 4 bridgehead atoms. The first-order chi connectivity index (χ1) is 15.1. The van der Waals surface area contributed by atoms with Gasteiger partial charge in [0.2, 0.25) is 11.8 Å². The second-order valence-electron chi connectivity index (χ2n) is 10.1. The number of nitrogens with two attached hydrogens (primary N) is 1. The lowest BCUT2D eigenvalue weighted by molar-refractivity contribution is -0.148. The van der Waals surface area contributed by atoms with Gasteiger partial charge in [-0.25, -0.2) is 8.78 Å². The molecule has 32 heavy (non-hydrogen) atoms. The van der Waals surface area contributed by atoms with Crippen molar-refractivity contribution in [1.82, 2.24) is 5.32 Å². The van der Waals surface area contributed by atoms with Crippen LogP contribution in [0.3, 0.4) is 0 Å². The Morgan fingerprint density at radius 2 is 1.81 bits per heavy atom. The fraction of sp³-hybridized carbons (Fsp3) is 0.636. The molecule has 0 saturated heterocycles. The molecule has 0 aromatic heterocycles. The summed E-state index contributed by atoms with van der Waals surface area (Å²) in [6.07, 6.45) is 4.91. The molecule has 10 heteroatoms. The van der Waals surface area contributed by atoms with E-state index in [1.54, 1.807) is 0 Å². The van der Waals surface area contributed by atoms with Crippen molar-refractivity contribution in [2.45, 2.75) is 62.9 Å². The standard InChI is InChI=1S/C22H27F2N3O4S/c23-15-2-3-16(24)17(8-15)27(32(30)31)22(4-1-5-22)20(29)26-18-13-6-12-7-14(18)11-21(9-12,10-13)19(25)28/h2-3,8,12-14,18H,1,4-7,9-11H2,(H2,25,28)(H,26,29)(H,30,31)/p-1. The number of benzene rings is 1. The minimum absolute atomic E-state index is 0.104. The summed E-state index contributed by atoms with van der Waals surface area (Å²) in [6.45, 7) is 0. The van der Waals surface area contributed by atoms with Crippen LogP contribution in [0.2, 0.25) is 0 Å². The van der Waals surface area contributed by atoms with E-state index in [2.05, 4.69) is 5.32 Å². The van der Waals surface area contributed by atoms with Gasteiger partial charge in [-0.2, -0.15) is 0 Å². The summed E-state index contributed by atoms with van der Waals surface area (Å²) >= 11 is -2.98. The van der Waals surface area contributed by atoms with Crippen molar-refractivity contribution in [3.8, 4) is 0 Å². The van der Waals surface area contributed by atoms with Gasteiger partial charge in [0.15, 0.2) is 0 Å². The predicted octanol–water partition coefficient (Wildman–Crippen LogP) is 2.28. The van der Waals surface area contributed by atoms with Crippen molar-refractivity contribution >= 4 is 28.8 Å². The fourth-order valence-electron chi connectivity index (χ4n) is 6.98. The third kappa shape index (κ3) is 3.17. The van der Waals surface area contributed by atoms with Gasteiger partial charge in [-0.3, -0.25) is 18.1 Å². The molecule has 0 spiro atoms.